The third kappa shape index (κ3) is 1.55. The summed E-state index contributed by atoms with van der Waals surface area (Å²) in [5.74, 6) is 0. The third-order valence-electron chi connectivity index (χ3n) is 2.13. The quantitative estimate of drug-likeness (QED) is 0.768. The normalized spacial score (nSPS) is 10.8. The van der Waals surface area contributed by atoms with Crippen molar-refractivity contribution in [2.24, 2.45) is 0 Å². The van der Waals surface area contributed by atoms with Gasteiger partial charge in [-0.25, -0.2) is 0 Å². The lowest BCUT2D eigenvalue weighted by molar-refractivity contribution is 0.280. The Hall–Kier alpha value is -1.35. The minimum absolute atomic E-state index is 0.236. The van der Waals surface area contributed by atoms with Crippen molar-refractivity contribution in [3.8, 4) is 0 Å². The molecule has 0 aliphatic rings. The molecule has 0 aromatic carbocycles. The van der Waals surface area contributed by atoms with Crippen LogP contribution in [0.4, 0.5) is 0 Å². The third-order valence-corrected chi connectivity index (χ3v) is 2.13. The van der Waals surface area contributed by atoms with Crippen molar-refractivity contribution in [3.05, 3.63) is 30.7 Å². The highest BCUT2D eigenvalue weighted by atomic mass is 16.3. The van der Waals surface area contributed by atoms with Crippen LogP contribution >= 0.6 is 0 Å². The van der Waals surface area contributed by atoms with Crippen LogP contribution in [0.5, 0.6) is 0 Å². The van der Waals surface area contributed by atoms with Crippen molar-refractivity contribution in [2.75, 3.05) is 6.61 Å². The highest BCUT2D eigenvalue weighted by molar-refractivity contribution is 5.78. The number of nitrogens with zero attached hydrogens (tertiary/aromatic N) is 2. The number of aliphatic hydroxyl groups is 1. The van der Waals surface area contributed by atoms with Crippen LogP contribution in [0.25, 0.3) is 10.9 Å². The zero-order valence-electron chi connectivity index (χ0n) is 7.35. The van der Waals surface area contributed by atoms with E-state index in [0.29, 0.717) is 0 Å². The molecule has 2 heterocycles. The fourth-order valence-electron chi connectivity index (χ4n) is 1.46. The number of hydrogen-bond donors (Lipinski definition) is 1. The Morgan fingerprint density at radius 3 is 3.15 bits per heavy atom. The Balaban J connectivity index is 2.35. The maximum absolute atomic E-state index is 8.71. The minimum Gasteiger partial charge on any atom is -0.396 e. The summed E-state index contributed by atoms with van der Waals surface area (Å²) >= 11 is 0. The molecule has 0 saturated carbocycles. The molecule has 0 aliphatic carbocycles. The first-order chi connectivity index (χ1) is 6.42. The van der Waals surface area contributed by atoms with Gasteiger partial charge in [0.2, 0.25) is 0 Å². The topological polar surface area (TPSA) is 38.0 Å². The minimum atomic E-state index is 0.236. The molecule has 3 nitrogen and oxygen atoms in total. The van der Waals surface area contributed by atoms with Crippen LogP contribution in [0, 0.1) is 0 Å². The van der Waals surface area contributed by atoms with Gasteiger partial charge in [-0.05, 0) is 18.6 Å². The SMILES string of the molecule is OCCCn1ccc2ccncc21. The highest BCUT2D eigenvalue weighted by Gasteiger charge is 1.98. The summed E-state index contributed by atoms with van der Waals surface area (Å²) in [6.45, 7) is 1.09. The van der Waals surface area contributed by atoms with E-state index in [1.54, 1.807) is 6.20 Å². The average Bonchev–Trinajstić information content (AvgIpc) is 2.58. The van der Waals surface area contributed by atoms with E-state index >= 15 is 0 Å². The molecule has 1 N–H and O–H groups in total. The van der Waals surface area contributed by atoms with E-state index in [0.717, 1.165) is 18.5 Å². The first kappa shape index (κ1) is 8.26. The van der Waals surface area contributed by atoms with Crippen LogP contribution in [0.15, 0.2) is 30.7 Å². The van der Waals surface area contributed by atoms with Crippen molar-refractivity contribution in [1.29, 1.82) is 0 Å². The second kappa shape index (κ2) is 3.58. The average molecular weight is 176 g/mol. The van der Waals surface area contributed by atoms with Crippen molar-refractivity contribution in [2.45, 2.75) is 13.0 Å². The predicted molar refractivity (Wildman–Crippen MR) is 51.4 cm³/mol. The van der Waals surface area contributed by atoms with Gasteiger partial charge in [0.05, 0.1) is 11.7 Å². The first-order valence-corrected chi connectivity index (χ1v) is 4.41. The van der Waals surface area contributed by atoms with Crippen LogP contribution in [-0.2, 0) is 6.54 Å². The molecule has 2 aromatic heterocycles. The molecule has 0 atom stereocenters. The summed E-state index contributed by atoms with van der Waals surface area (Å²) in [4.78, 5) is 4.07. The second-order valence-electron chi connectivity index (χ2n) is 3.02. The molecule has 0 bridgehead atoms. The fraction of sp³-hybridized carbons (Fsp3) is 0.300. The van der Waals surface area contributed by atoms with Crippen molar-refractivity contribution >= 4 is 10.9 Å². The number of hydrogen-bond acceptors (Lipinski definition) is 2. The highest BCUT2D eigenvalue weighted by Crippen LogP contribution is 2.13. The van der Waals surface area contributed by atoms with Gasteiger partial charge in [-0.1, -0.05) is 0 Å². The van der Waals surface area contributed by atoms with Crippen LogP contribution in [0.1, 0.15) is 6.42 Å². The molecule has 0 radical (unpaired) electrons. The van der Waals surface area contributed by atoms with Crippen LogP contribution in [-0.4, -0.2) is 21.3 Å². The zero-order valence-corrected chi connectivity index (χ0v) is 7.35. The van der Waals surface area contributed by atoms with E-state index in [1.807, 2.05) is 18.5 Å². The van der Waals surface area contributed by atoms with Crippen molar-refractivity contribution in [3.63, 3.8) is 0 Å². The van der Waals surface area contributed by atoms with E-state index in [9.17, 15) is 0 Å². The summed E-state index contributed by atoms with van der Waals surface area (Å²) < 4.78 is 2.11. The standard InChI is InChI=1S/C10H12N2O/c13-7-1-5-12-6-3-9-2-4-11-8-10(9)12/h2-4,6,8,13H,1,5,7H2. The molecule has 0 amide bonds. The van der Waals surface area contributed by atoms with E-state index < -0.39 is 0 Å². The van der Waals surface area contributed by atoms with Gasteiger partial charge in [0.25, 0.3) is 0 Å². The summed E-state index contributed by atoms with van der Waals surface area (Å²) in [6, 6.07) is 4.05. The first-order valence-electron chi connectivity index (χ1n) is 4.41. The summed E-state index contributed by atoms with van der Waals surface area (Å²) in [5, 5.41) is 9.91. The van der Waals surface area contributed by atoms with Gasteiger partial charge in [-0.15, -0.1) is 0 Å². The number of rotatable bonds is 3. The number of fused-ring (bicyclic) bond motifs is 1. The largest absolute Gasteiger partial charge is 0.396 e. The molecule has 0 saturated heterocycles. The number of aryl methyl sites for hydroxylation is 1. The zero-order chi connectivity index (χ0) is 9.10. The smallest absolute Gasteiger partial charge is 0.0666 e. The fourth-order valence-corrected chi connectivity index (χ4v) is 1.46. The number of aliphatic hydroxyl groups excluding tert-OH is 1. The molecule has 0 spiro atoms. The Bertz CT molecular complexity index is 394. The van der Waals surface area contributed by atoms with Crippen LogP contribution < -0.4 is 0 Å². The molecule has 68 valence electrons. The molecule has 13 heavy (non-hydrogen) atoms. The molecular weight excluding hydrogens is 164 g/mol. The Morgan fingerprint density at radius 1 is 1.38 bits per heavy atom. The van der Waals surface area contributed by atoms with Gasteiger partial charge in [-0.2, -0.15) is 0 Å². The lowest BCUT2D eigenvalue weighted by atomic mass is 10.3. The van der Waals surface area contributed by atoms with E-state index in [2.05, 4.69) is 15.6 Å². The molecule has 0 aliphatic heterocycles. The molecule has 3 heteroatoms. The Morgan fingerprint density at radius 2 is 2.31 bits per heavy atom. The van der Waals surface area contributed by atoms with Crippen molar-refractivity contribution < 1.29 is 5.11 Å². The molecular formula is C10H12N2O. The number of pyridine rings is 1. The second-order valence-corrected chi connectivity index (χ2v) is 3.02. The lowest BCUT2D eigenvalue weighted by Crippen LogP contribution is -1.98. The monoisotopic (exact) mass is 176 g/mol. The van der Waals surface area contributed by atoms with E-state index in [1.165, 1.54) is 5.39 Å². The molecule has 0 fully saturated rings. The van der Waals surface area contributed by atoms with Gasteiger partial charge in [0.15, 0.2) is 0 Å². The van der Waals surface area contributed by atoms with Gasteiger partial charge >= 0.3 is 0 Å². The number of aromatic nitrogens is 2. The van der Waals surface area contributed by atoms with Gasteiger partial charge < -0.3 is 9.67 Å². The summed E-state index contributed by atoms with van der Waals surface area (Å²) in [6.07, 6.45) is 6.46. The summed E-state index contributed by atoms with van der Waals surface area (Å²) in [5.41, 5.74) is 1.14. The van der Waals surface area contributed by atoms with Crippen molar-refractivity contribution in [1.82, 2.24) is 9.55 Å². The molecule has 2 aromatic rings. The van der Waals surface area contributed by atoms with Gasteiger partial charge in [-0.3, -0.25) is 4.98 Å². The molecule has 2 rings (SSSR count). The Kier molecular flexibility index (Phi) is 2.27. The maximum Gasteiger partial charge on any atom is 0.0666 e. The summed E-state index contributed by atoms with van der Waals surface area (Å²) in [7, 11) is 0. The van der Waals surface area contributed by atoms with E-state index in [-0.39, 0.29) is 6.61 Å². The predicted octanol–water partition coefficient (Wildman–Crippen LogP) is 1.42. The van der Waals surface area contributed by atoms with Crippen LogP contribution in [0.3, 0.4) is 0 Å². The van der Waals surface area contributed by atoms with Gasteiger partial charge in [0.1, 0.15) is 0 Å². The van der Waals surface area contributed by atoms with E-state index in [4.69, 9.17) is 5.11 Å². The van der Waals surface area contributed by atoms with Gasteiger partial charge in [0, 0.05) is 30.9 Å². The maximum atomic E-state index is 8.71. The Labute approximate surface area is 76.6 Å². The van der Waals surface area contributed by atoms with Crippen LogP contribution in [0.2, 0.25) is 0 Å². The molecule has 0 unspecified atom stereocenters. The lowest BCUT2D eigenvalue weighted by Gasteiger charge is -2.02.